The molecular weight excluding hydrogens is 466 g/mol. The van der Waals surface area contributed by atoms with E-state index in [2.05, 4.69) is 43.7 Å². The van der Waals surface area contributed by atoms with Crippen LogP contribution < -0.4 is 5.73 Å². The first kappa shape index (κ1) is 14.9. The minimum Gasteiger partial charge on any atom is -0.380 e. The molecule has 1 aromatic heterocycles. The second-order valence-corrected chi connectivity index (χ2v) is 6.92. The first-order valence-corrected chi connectivity index (χ1v) is 8.28. The van der Waals surface area contributed by atoms with Crippen LogP contribution in [0.15, 0.2) is 51.5 Å². The molecule has 3 rings (SSSR count). The van der Waals surface area contributed by atoms with Crippen LogP contribution in [0.4, 0.5) is 5.82 Å². The largest absolute Gasteiger partial charge is 0.380 e. The van der Waals surface area contributed by atoms with Crippen LogP contribution >= 0.6 is 50.1 Å². The molecule has 6 heteroatoms. The SMILES string of the molecule is Nc1noc(-c2cc(Br)ccc2I)c1-c1cccc(Cl)c1. The summed E-state index contributed by atoms with van der Waals surface area (Å²) < 4.78 is 7.48. The van der Waals surface area contributed by atoms with E-state index in [0.29, 0.717) is 16.6 Å². The van der Waals surface area contributed by atoms with Gasteiger partial charge >= 0.3 is 0 Å². The first-order valence-electron chi connectivity index (χ1n) is 6.03. The maximum absolute atomic E-state index is 6.07. The molecule has 0 fully saturated rings. The summed E-state index contributed by atoms with van der Waals surface area (Å²) in [6.07, 6.45) is 0. The summed E-state index contributed by atoms with van der Waals surface area (Å²) in [5.74, 6) is 0.989. The average Bonchev–Trinajstić information content (AvgIpc) is 2.83. The van der Waals surface area contributed by atoms with Crippen molar-refractivity contribution in [2.75, 3.05) is 5.73 Å². The Morgan fingerprint density at radius 2 is 2.00 bits per heavy atom. The number of anilines is 1. The van der Waals surface area contributed by atoms with E-state index in [1.54, 1.807) is 0 Å². The van der Waals surface area contributed by atoms with Crippen molar-refractivity contribution in [1.82, 2.24) is 5.16 Å². The zero-order chi connectivity index (χ0) is 15.0. The third-order valence-electron chi connectivity index (χ3n) is 3.00. The zero-order valence-electron chi connectivity index (χ0n) is 10.6. The standard InChI is InChI=1S/C15H9BrClIN2O/c16-9-4-5-12(18)11(7-9)14-13(15(19)20-21-14)8-2-1-3-10(17)6-8/h1-7H,(H2,19,20). The maximum Gasteiger partial charge on any atom is 0.178 e. The second kappa shape index (κ2) is 5.98. The average molecular weight is 476 g/mol. The van der Waals surface area contributed by atoms with E-state index in [0.717, 1.165) is 24.7 Å². The van der Waals surface area contributed by atoms with Gasteiger partial charge in [-0.1, -0.05) is 44.8 Å². The van der Waals surface area contributed by atoms with Gasteiger partial charge in [-0.15, -0.1) is 0 Å². The fraction of sp³-hybridized carbons (Fsp3) is 0. The molecule has 3 nitrogen and oxygen atoms in total. The van der Waals surface area contributed by atoms with Crippen molar-refractivity contribution >= 4 is 55.9 Å². The van der Waals surface area contributed by atoms with Gasteiger partial charge in [0, 0.05) is 18.6 Å². The summed E-state index contributed by atoms with van der Waals surface area (Å²) in [5, 5.41) is 4.55. The van der Waals surface area contributed by atoms with Gasteiger partial charge in [0.25, 0.3) is 0 Å². The quantitative estimate of drug-likeness (QED) is 0.490. The van der Waals surface area contributed by atoms with Crippen LogP contribution in [0.5, 0.6) is 0 Å². The monoisotopic (exact) mass is 474 g/mol. The molecule has 106 valence electrons. The summed E-state index contributed by atoms with van der Waals surface area (Å²) >= 11 is 11.8. The highest BCUT2D eigenvalue weighted by molar-refractivity contribution is 14.1. The molecule has 0 aliphatic carbocycles. The zero-order valence-corrected chi connectivity index (χ0v) is 15.1. The molecule has 0 radical (unpaired) electrons. The molecule has 1 heterocycles. The summed E-state index contributed by atoms with van der Waals surface area (Å²) in [6.45, 7) is 0. The van der Waals surface area contributed by atoms with Crippen molar-refractivity contribution in [3.05, 3.63) is 55.5 Å². The lowest BCUT2D eigenvalue weighted by Gasteiger charge is -2.06. The maximum atomic E-state index is 6.07. The second-order valence-electron chi connectivity index (χ2n) is 4.41. The highest BCUT2D eigenvalue weighted by Gasteiger charge is 2.20. The Morgan fingerprint density at radius 1 is 1.19 bits per heavy atom. The molecule has 0 saturated carbocycles. The molecule has 0 aliphatic rings. The number of nitrogens with two attached hydrogens (primary N) is 1. The van der Waals surface area contributed by atoms with Crippen LogP contribution in [-0.4, -0.2) is 5.16 Å². The highest BCUT2D eigenvalue weighted by Crippen LogP contribution is 2.39. The Labute approximate surface area is 148 Å². The van der Waals surface area contributed by atoms with E-state index >= 15 is 0 Å². The van der Waals surface area contributed by atoms with E-state index in [4.69, 9.17) is 21.9 Å². The topological polar surface area (TPSA) is 52.0 Å². The third kappa shape index (κ3) is 2.95. The molecule has 21 heavy (non-hydrogen) atoms. The molecule has 0 aliphatic heterocycles. The number of nitrogen functional groups attached to an aromatic ring is 1. The van der Waals surface area contributed by atoms with Gasteiger partial charge in [0.2, 0.25) is 0 Å². The summed E-state index contributed by atoms with van der Waals surface area (Å²) in [4.78, 5) is 0. The predicted molar refractivity (Wildman–Crippen MR) is 97.2 cm³/mol. The molecule has 2 aromatic carbocycles. The van der Waals surface area contributed by atoms with Crippen molar-refractivity contribution < 1.29 is 4.52 Å². The number of benzene rings is 2. The van der Waals surface area contributed by atoms with Gasteiger partial charge < -0.3 is 10.3 Å². The number of aromatic nitrogens is 1. The molecule has 0 unspecified atom stereocenters. The van der Waals surface area contributed by atoms with Gasteiger partial charge in [0.05, 0.1) is 5.56 Å². The lowest BCUT2D eigenvalue weighted by molar-refractivity contribution is 0.436. The Kier molecular flexibility index (Phi) is 4.24. The van der Waals surface area contributed by atoms with Crippen molar-refractivity contribution in [3.8, 4) is 22.5 Å². The van der Waals surface area contributed by atoms with Crippen molar-refractivity contribution in [1.29, 1.82) is 0 Å². The van der Waals surface area contributed by atoms with Gasteiger partial charge in [0.15, 0.2) is 11.6 Å². The highest BCUT2D eigenvalue weighted by atomic mass is 127. The number of nitrogens with zero attached hydrogens (tertiary/aromatic N) is 1. The fourth-order valence-corrected chi connectivity index (χ4v) is 3.21. The van der Waals surface area contributed by atoms with Crippen LogP contribution in [0.1, 0.15) is 0 Å². The molecule has 3 aromatic rings. The summed E-state index contributed by atoms with van der Waals surface area (Å²) in [5.41, 5.74) is 8.56. The molecule has 0 saturated heterocycles. The van der Waals surface area contributed by atoms with E-state index in [9.17, 15) is 0 Å². The molecule has 0 amide bonds. The minimum absolute atomic E-state index is 0.350. The van der Waals surface area contributed by atoms with E-state index in [1.807, 2.05) is 42.5 Å². The first-order chi connectivity index (χ1) is 10.1. The Bertz CT molecular complexity index is 819. The van der Waals surface area contributed by atoms with Crippen molar-refractivity contribution in [2.24, 2.45) is 0 Å². The van der Waals surface area contributed by atoms with E-state index < -0.39 is 0 Å². The van der Waals surface area contributed by atoms with Gasteiger partial charge in [-0.2, -0.15) is 0 Å². The van der Waals surface area contributed by atoms with Crippen LogP contribution in [0.25, 0.3) is 22.5 Å². The predicted octanol–water partition coefficient (Wildman–Crippen LogP) is 5.61. The summed E-state index contributed by atoms with van der Waals surface area (Å²) in [7, 11) is 0. The van der Waals surface area contributed by atoms with Gasteiger partial charge in [0.1, 0.15) is 0 Å². The van der Waals surface area contributed by atoms with Crippen LogP contribution in [0.3, 0.4) is 0 Å². The fourth-order valence-electron chi connectivity index (χ4n) is 2.08. The smallest absolute Gasteiger partial charge is 0.178 e. The van der Waals surface area contributed by atoms with Crippen LogP contribution in [0.2, 0.25) is 5.02 Å². The Balaban J connectivity index is 2.24. The molecule has 0 spiro atoms. The van der Waals surface area contributed by atoms with E-state index in [-0.39, 0.29) is 0 Å². The molecule has 0 bridgehead atoms. The van der Waals surface area contributed by atoms with Crippen LogP contribution in [0, 0.1) is 3.57 Å². The van der Waals surface area contributed by atoms with Gasteiger partial charge in [-0.05, 0) is 58.5 Å². The number of hydrogen-bond acceptors (Lipinski definition) is 3. The number of halogens is 3. The van der Waals surface area contributed by atoms with E-state index in [1.165, 1.54) is 0 Å². The van der Waals surface area contributed by atoms with Gasteiger partial charge in [-0.25, -0.2) is 0 Å². The minimum atomic E-state index is 0.350. The van der Waals surface area contributed by atoms with Crippen molar-refractivity contribution in [2.45, 2.75) is 0 Å². The van der Waals surface area contributed by atoms with Gasteiger partial charge in [-0.3, -0.25) is 0 Å². The number of hydrogen-bond donors (Lipinski definition) is 1. The molecule has 0 atom stereocenters. The lowest BCUT2D eigenvalue weighted by Crippen LogP contribution is -1.90. The molecular formula is C15H9BrClIN2O. The summed E-state index contributed by atoms with van der Waals surface area (Å²) in [6, 6.07) is 13.4. The Hall–Kier alpha value is -1.05. The van der Waals surface area contributed by atoms with Crippen LogP contribution in [-0.2, 0) is 0 Å². The van der Waals surface area contributed by atoms with Crippen molar-refractivity contribution in [3.63, 3.8) is 0 Å². The third-order valence-corrected chi connectivity index (χ3v) is 4.67. The normalized spacial score (nSPS) is 10.8. The molecule has 2 N–H and O–H groups in total. The number of rotatable bonds is 2. The lowest BCUT2D eigenvalue weighted by atomic mass is 10.0. The Morgan fingerprint density at radius 3 is 2.76 bits per heavy atom.